The van der Waals surface area contributed by atoms with Crippen molar-refractivity contribution in [2.75, 3.05) is 7.11 Å². The van der Waals surface area contributed by atoms with Crippen molar-refractivity contribution in [1.29, 1.82) is 0 Å². The Hall–Kier alpha value is -3.61. The summed E-state index contributed by atoms with van der Waals surface area (Å²) in [5, 5.41) is 5.39. The minimum absolute atomic E-state index is 0.351. The van der Waals surface area contributed by atoms with Crippen LogP contribution < -0.4 is 4.74 Å². The van der Waals surface area contributed by atoms with Crippen molar-refractivity contribution in [3.8, 4) is 22.6 Å². The molecule has 0 radical (unpaired) electrons. The first-order valence-corrected chi connectivity index (χ1v) is 9.49. The Morgan fingerprint density at radius 1 is 1.10 bits per heavy atom. The van der Waals surface area contributed by atoms with Crippen molar-refractivity contribution in [3.05, 3.63) is 66.9 Å². The van der Waals surface area contributed by atoms with Gasteiger partial charge in [0.1, 0.15) is 17.2 Å². The van der Waals surface area contributed by atoms with Gasteiger partial charge in [-0.3, -0.25) is 4.57 Å². The summed E-state index contributed by atoms with van der Waals surface area (Å²) in [7, 11) is 1.52. The molecule has 4 rings (SSSR count). The number of carbonyl (C=O) groups is 1. The summed E-state index contributed by atoms with van der Waals surface area (Å²) in [5.74, 6) is 0.117. The molecule has 0 aliphatic heterocycles. The second kappa shape index (κ2) is 7.33. The monoisotopic (exact) mass is 407 g/mol. The molecule has 0 atom stereocenters. The number of benzene rings is 2. The predicted octanol–water partition coefficient (Wildman–Crippen LogP) is 5.42. The fourth-order valence-electron chi connectivity index (χ4n) is 3.22. The molecule has 0 aliphatic rings. The van der Waals surface area contributed by atoms with Crippen molar-refractivity contribution in [1.82, 2.24) is 14.3 Å². The molecule has 0 spiro atoms. The summed E-state index contributed by atoms with van der Waals surface area (Å²) in [4.78, 5) is 12.2. The van der Waals surface area contributed by atoms with Crippen LogP contribution in [-0.2, 0) is 4.74 Å². The lowest BCUT2D eigenvalue weighted by atomic mass is 10.0. The quantitative estimate of drug-likeness (QED) is 0.455. The molecule has 2 aromatic heterocycles. The zero-order chi connectivity index (χ0) is 21.5. The highest BCUT2D eigenvalue weighted by atomic mass is 19.1. The van der Waals surface area contributed by atoms with Gasteiger partial charge in [-0.25, -0.2) is 13.9 Å². The van der Waals surface area contributed by atoms with Crippen LogP contribution in [-0.4, -0.2) is 33.2 Å². The largest absolute Gasteiger partial charge is 0.496 e. The smallest absolute Gasteiger partial charge is 0.418 e. The number of halogens is 1. The zero-order valence-electron chi connectivity index (χ0n) is 17.2. The SMILES string of the molecule is COc1cccc(F)c1-c1ccc2nn(-c3ccn(C(=O)OC(C)(C)C)c3)cc2c1. The van der Waals surface area contributed by atoms with Gasteiger partial charge in [0.25, 0.3) is 0 Å². The minimum Gasteiger partial charge on any atom is -0.496 e. The van der Waals surface area contributed by atoms with E-state index in [4.69, 9.17) is 9.47 Å². The van der Waals surface area contributed by atoms with E-state index >= 15 is 0 Å². The molecule has 0 bridgehead atoms. The number of carbonyl (C=O) groups excluding carboxylic acids is 1. The number of hydrogen-bond donors (Lipinski definition) is 0. The summed E-state index contributed by atoms with van der Waals surface area (Å²) in [6.07, 6.45) is 4.66. The van der Waals surface area contributed by atoms with Gasteiger partial charge in [-0.2, -0.15) is 5.10 Å². The fraction of sp³-hybridized carbons (Fsp3) is 0.217. The maximum atomic E-state index is 14.4. The van der Waals surface area contributed by atoms with E-state index in [1.807, 2.05) is 45.2 Å². The fourth-order valence-corrected chi connectivity index (χ4v) is 3.22. The van der Waals surface area contributed by atoms with Crippen molar-refractivity contribution in [2.24, 2.45) is 0 Å². The molecule has 2 heterocycles. The van der Waals surface area contributed by atoms with E-state index in [1.165, 1.54) is 17.7 Å². The topological polar surface area (TPSA) is 58.3 Å². The zero-order valence-corrected chi connectivity index (χ0v) is 17.2. The lowest BCUT2D eigenvalue weighted by Gasteiger charge is -2.19. The Morgan fingerprint density at radius 2 is 1.90 bits per heavy atom. The highest BCUT2D eigenvalue weighted by molar-refractivity contribution is 5.86. The maximum Gasteiger partial charge on any atom is 0.418 e. The van der Waals surface area contributed by atoms with E-state index in [2.05, 4.69) is 5.10 Å². The second-order valence-electron chi connectivity index (χ2n) is 7.92. The third kappa shape index (κ3) is 3.78. The average molecular weight is 407 g/mol. The average Bonchev–Trinajstić information content (AvgIpc) is 3.32. The Bertz CT molecular complexity index is 1230. The van der Waals surface area contributed by atoms with Crippen LogP contribution in [0, 0.1) is 5.82 Å². The van der Waals surface area contributed by atoms with E-state index in [0.29, 0.717) is 22.6 Å². The number of aromatic nitrogens is 3. The summed E-state index contributed by atoms with van der Waals surface area (Å²) in [6.45, 7) is 5.45. The number of fused-ring (bicyclic) bond motifs is 1. The molecule has 7 heteroatoms. The summed E-state index contributed by atoms with van der Waals surface area (Å²) in [6, 6.07) is 12.0. The van der Waals surface area contributed by atoms with Gasteiger partial charge in [-0.05, 0) is 56.7 Å². The number of rotatable bonds is 3. The van der Waals surface area contributed by atoms with Gasteiger partial charge in [0, 0.05) is 24.0 Å². The molecule has 0 saturated heterocycles. The first-order valence-electron chi connectivity index (χ1n) is 9.49. The van der Waals surface area contributed by atoms with E-state index in [0.717, 1.165) is 10.9 Å². The number of nitrogens with zero attached hydrogens (tertiary/aromatic N) is 3. The van der Waals surface area contributed by atoms with Crippen molar-refractivity contribution < 1.29 is 18.7 Å². The molecular formula is C23H22FN3O3. The standard InChI is InChI=1S/C23H22FN3O3/c1-23(2,3)30-22(28)26-11-10-17(14-26)27-13-16-12-15(8-9-19(16)25-27)21-18(24)6-5-7-20(21)29-4/h5-14H,1-4H3. The summed E-state index contributed by atoms with van der Waals surface area (Å²) in [5.41, 5.74) is 1.99. The molecule has 2 aromatic carbocycles. The van der Waals surface area contributed by atoms with Gasteiger partial charge in [-0.1, -0.05) is 12.1 Å². The molecule has 30 heavy (non-hydrogen) atoms. The molecule has 0 N–H and O–H groups in total. The van der Waals surface area contributed by atoms with Crippen LogP contribution in [0.15, 0.2) is 61.1 Å². The summed E-state index contributed by atoms with van der Waals surface area (Å²) >= 11 is 0. The van der Waals surface area contributed by atoms with Crippen molar-refractivity contribution >= 4 is 17.0 Å². The maximum absolute atomic E-state index is 14.4. The highest BCUT2D eigenvalue weighted by Crippen LogP contribution is 2.34. The molecule has 0 saturated carbocycles. The van der Waals surface area contributed by atoms with Crippen LogP contribution >= 0.6 is 0 Å². The van der Waals surface area contributed by atoms with Crippen LogP contribution in [0.3, 0.4) is 0 Å². The normalized spacial score (nSPS) is 11.6. The Morgan fingerprint density at radius 3 is 2.63 bits per heavy atom. The predicted molar refractivity (Wildman–Crippen MR) is 113 cm³/mol. The summed E-state index contributed by atoms with van der Waals surface area (Å²) < 4.78 is 28.2. The Balaban J connectivity index is 1.68. The number of ether oxygens (including phenoxy) is 2. The lowest BCUT2D eigenvalue weighted by molar-refractivity contribution is 0.0537. The van der Waals surface area contributed by atoms with Gasteiger partial charge in [0.2, 0.25) is 0 Å². The first-order chi connectivity index (χ1) is 14.2. The van der Waals surface area contributed by atoms with Crippen molar-refractivity contribution in [2.45, 2.75) is 26.4 Å². The number of methoxy groups -OCH3 is 1. The lowest BCUT2D eigenvalue weighted by Crippen LogP contribution is -2.26. The van der Waals surface area contributed by atoms with Gasteiger partial charge in [0.15, 0.2) is 0 Å². The van der Waals surface area contributed by atoms with Gasteiger partial charge in [0.05, 0.1) is 23.9 Å². The Kier molecular flexibility index (Phi) is 4.81. The van der Waals surface area contributed by atoms with Gasteiger partial charge < -0.3 is 9.47 Å². The molecule has 6 nitrogen and oxygen atoms in total. The van der Waals surface area contributed by atoms with Crippen LogP contribution in [0.1, 0.15) is 20.8 Å². The molecule has 0 unspecified atom stereocenters. The van der Waals surface area contributed by atoms with Crippen LogP contribution in [0.25, 0.3) is 27.7 Å². The van der Waals surface area contributed by atoms with E-state index in [-0.39, 0.29) is 5.82 Å². The second-order valence-corrected chi connectivity index (χ2v) is 7.92. The minimum atomic E-state index is -0.577. The van der Waals surface area contributed by atoms with E-state index in [1.54, 1.807) is 35.3 Å². The third-order valence-corrected chi connectivity index (χ3v) is 4.53. The first kappa shape index (κ1) is 19.7. The molecule has 4 aromatic rings. The van der Waals surface area contributed by atoms with E-state index in [9.17, 15) is 9.18 Å². The Labute approximate surface area is 173 Å². The van der Waals surface area contributed by atoms with Crippen molar-refractivity contribution in [3.63, 3.8) is 0 Å². The highest BCUT2D eigenvalue weighted by Gasteiger charge is 2.18. The molecule has 0 aliphatic carbocycles. The molecule has 0 fully saturated rings. The van der Waals surface area contributed by atoms with Gasteiger partial charge in [-0.15, -0.1) is 0 Å². The van der Waals surface area contributed by atoms with Gasteiger partial charge >= 0.3 is 6.09 Å². The molecular weight excluding hydrogens is 385 g/mol. The van der Waals surface area contributed by atoms with Crippen LogP contribution in [0.5, 0.6) is 5.75 Å². The van der Waals surface area contributed by atoms with E-state index < -0.39 is 11.7 Å². The molecule has 0 amide bonds. The van der Waals surface area contributed by atoms with Crippen LogP contribution in [0.4, 0.5) is 9.18 Å². The third-order valence-electron chi connectivity index (χ3n) is 4.53. The van der Waals surface area contributed by atoms with Crippen LogP contribution in [0.2, 0.25) is 0 Å². The molecule has 154 valence electrons. The number of hydrogen-bond acceptors (Lipinski definition) is 4.